The smallest absolute Gasteiger partial charge is 0.340 e. The van der Waals surface area contributed by atoms with Crippen LogP contribution in [0.15, 0.2) is 70.3 Å². The van der Waals surface area contributed by atoms with Gasteiger partial charge in [0, 0.05) is 19.6 Å². The normalized spacial score (nSPS) is 16.2. The molecule has 0 aromatic heterocycles. The predicted octanol–water partition coefficient (Wildman–Crippen LogP) is 3.54. The van der Waals surface area contributed by atoms with Crippen LogP contribution in [-0.4, -0.2) is 50.3 Å². The van der Waals surface area contributed by atoms with E-state index in [-0.39, 0.29) is 35.2 Å². The van der Waals surface area contributed by atoms with E-state index < -0.39 is 43.0 Å². The van der Waals surface area contributed by atoms with E-state index in [4.69, 9.17) is 18.5 Å². The molecular weight excluding hydrogens is 527 g/mol. The van der Waals surface area contributed by atoms with Gasteiger partial charge in [0.15, 0.2) is 0 Å². The zero-order chi connectivity index (χ0) is 28.0. The zero-order valence-corrected chi connectivity index (χ0v) is 22.4. The van der Waals surface area contributed by atoms with Gasteiger partial charge >= 0.3 is 19.5 Å². The number of anilines is 2. The molecule has 0 spiro atoms. The fourth-order valence-corrected chi connectivity index (χ4v) is 5.86. The van der Waals surface area contributed by atoms with Crippen LogP contribution in [0.5, 0.6) is 0 Å². The first-order valence-corrected chi connectivity index (χ1v) is 14.2. The Balaban J connectivity index is 1.47. The molecule has 1 heterocycles. The van der Waals surface area contributed by atoms with Crippen LogP contribution in [0.25, 0.3) is 0 Å². The number of carbonyl (C=O) groups is 2. The van der Waals surface area contributed by atoms with Crippen molar-refractivity contribution in [1.29, 1.82) is 0 Å². The van der Waals surface area contributed by atoms with Crippen LogP contribution in [0, 0.1) is 0 Å². The highest BCUT2D eigenvalue weighted by Crippen LogP contribution is 2.51. The molecule has 39 heavy (non-hydrogen) atoms. The van der Waals surface area contributed by atoms with E-state index in [2.05, 4.69) is 5.32 Å². The first-order valence-electron chi connectivity index (χ1n) is 12.5. The molecule has 4 rings (SSSR count). The average Bonchev–Trinajstić information content (AvgIpc) is 3.12. The number of hydrogen-bond donors (Lipinski definition) is 1. The number of ether oxygens (including phenoxy) is 2. The molecule has 3 aromatic carbocycles. The van der Waals surface area contributed by atoms with Crippen LogP contribution in [0.3, 0.4) is 0 Å². The van der Waals surface area contributed by atoms with Gasteiger partial charge < -0.3 is 19.7 Å². The Bertz CT molecular complexity index is 1360. The molecular formula is C27H29N2O9P. The molecule has 0 radical (unpaired) electrons. The molecule has 0 amide bonds. The van der Waals surface area contributed by atoms with Gasteiger partial charge in [-0.2, -0.15) is 0 Å². The maximum atomic E-state index is 13.9. The van der Waals surface area contributed by atoms with Crippen LogP contribution in [0.4, 0.5) is 11.4 Å². The third kappa shape index (κ3) is 7.00. The van der Waals surface area contributed by atoms with Crippen molar-refractivity contribution >= 4 is 30.9 Å². The lowest BCUT2D eigenvalue weighted by Gasteiger charge is -2.29. The van der Waals surface area contributed by atoms with Crippen LogP contribution >= 0.6 is 7.60 Å². The van der Waals surface area contributed by atoms with Crippen LogP contribution in [0.1, 0.15) is 41.0 Å². The highest BCUT2D eigenvalue weighted by molar-refractivity contribution is 7.53. The standard InChI is InChI=1S/C27H29N2O9P/c1-18(35-26(32)20-10-5-3-6-11-20)37-39(34,38-19(2)36-27(33)21-12-7-4-8-13-21)17-16-29-15-9-14-28-22-23(29)25(31)24(22)30/h3-8,10-13,18-19,28H,9,14-17H2,1-2H3. The third-order valence-corrected chi connectivity index (χ3v) is 7.92. The van der Waals surface area contributed by atoms with E-state index in [1.54, 1.807) is 65.6 Å². The van der Waals surface area contributed by atoms with Gasteiger partial charge in [-0.05, 0) is 44.5 Å². The molecule has 0 saturated heterocycles. The minimum Gasteiger partial charge on any atom is -0.432 e. The number of nitrogens with zero attached hydrogens (tertiary/aromatic N) is 1. The third-order valence-electron chi connectivity index (χ3n) is 5.93. The lowest BCUT2D eigenvalue weighted by atomic mass is 10.2. The monoisotopic (exact) mass is 556 g/mol. The molecule has 12 heteroatoms. The van der Waals surface area contributed by atoms with E-state index >= 15 is 0 Å². The first-order chi connectivity index (χ1) is 18.7. The summed E-state index contributed by atoms with van der Waals surface area (Å²) in [5.74, 6) is -1.38. The fourth-order valence-electron chi connectivity index (χ4n) is 4.12. The van der Waals surface area contributed by atoms with Gasteiger partial charge in [0.1, 0.15) is 11.4 Å². The summed E-state index contributed by atoms with van der Waals surface area (Å²) in [6.45, 7) is 3.76. The molecule has 1 N–H and O–H groups in total. The summed E-state index contributed by atoms with van der Waals surface area (Å²) in [4.78, 5) is 50.7. The number of fused-ring (bicyclic) bond motifs is 1. The molecule has 1 aliphatic rings. The minimum atomic E-state index is -4.10. The Labute approximate surface area is 224 Å². The lowest BCUT2D eigenvalue weighted by Crippen LogP contribution is -2.42. The number of esters is 2. The molecule has 1 aliphatic heterocycles. The highest BCUT2D eigenvalue weighted by Gasteiger charge is 2.35. The van der Waals surface area contributed by atoms with Gasteiger partial charge in [-0.15, -0.1) is 0 Å². The molecule has 3 aromatic rings. The Morgan fingerprint density at radius 1 is 0.872 bits per heavy atom. The van der Waals surface area contributed by atoms with Gasteiger partial charge in [-0.1, -0.05) is 36.4 Å². The number of rotatable bonds is 11. The lowest BCUT2D eigenvalue weighted by molar-refractivity contribution is -0.0712. The number of nitrogens with one attached hydrogen (secondary N) is 1. The van der Waals surface area contributed by atoms with Gasteiger partial charge in [-0.3, -0.25) is 23.2 Å². The van der Waals surface area contributed by atoms with Gasteiger partial charge in [0.25, 0.3) is 10.9 Å². The number of carbonyl (C=O) groups excluding carboxylic acids is 2. The second-order valence-corrected chi connectivity index (χ2v) is 11.0. The maximum absolute atomic E-state index is 13.9. The molecule has 0 bridgehead atoms. The Hall–Kier alpha value is -3.79. The molecule has 0 aliphatic carbocycles. The number of benzene rings is 2. The summed E-state index contributed by atoms with van der Waals surface area (Å²) in [6, 6.07) is 16.4. The van der Waals surface area contributed by atoms with E-state index in [9.17, 15) is 23.7 Å². The van der Waals surface area contributed by atoms with Crippen molar-refractivity contribution in [3.05, 3.63) is 92.2 Å². The SMILES string of the molecule is CC(OC(=O)c1ccccc1)OP(=O)(CCN1CCCNc2c1c(=O)c2=O)OC(C)OC(=O)c1ccccc1. The van der Waals surface area contributed by atoms with Gasteiger partial charge in [0.2, 0.25) is 12.6 Å². The van der Waals surface area contributed by atoms with E-state index in [1.165, 1.54) is 13.8 Å². The fraction of sp³-hybridized carbons (Fsp3) is 0.333. The van der Waals surface area contributed by atoms with Gasteiger partial charge in [0.05, 0.1) is 17.3 Å². The molecule has 2 atom stereocenters. The Morgan fingerprint density at radius 3 is 1.90 bits per heavy atom. The van der Waals surface area contributed by atoms with Crippen molar-refractivity contribution in [1.82, 2.24) is 0 Å². The summed E-state index contributed by atoms with van der Waals surface area (Å²) in [5, 5.41) is 2.95. The highest BCUT2D eigenvalue weighted by atomic mass is 31.2. The van der Waals surface area contributed by atoms with Crippen molar-refractivity contribution in [3.63, 3.8) is 0 Å². The Kier molecular flexibility index (Phi) is 8.96. The largest absolute Gasteiger partial charge is 0.432 e. The Morgan fingerprint density at radius 2 is 1.38 bits per heavy atom. The quantitative estimate of drug-likeness (QED) is 0.161. The van der Waals surface area contributed by atoms with E-state index in [0.717, 1.165) is 0 Å². The van der Waals surface area contributed by atoms with Crippen molar-refractivity contribution in [2.24, 2.45) is 0 Å². The van der Waals surface area contributed by atoms with Crippen molar-refractivity contribution < 1.29 is 32.7 Å². The first kappa shape index (κ1) is 28.2. The molecule has 206 valence electrons. The van der Waals surface area contributed by atoms with E-state index in [1.807, 2.05) is 0 Å². The summed E-state index contributed by atoms with van der Waals surface area (Å²) in [6.07, 6.45) is -2.18. The molecule has 2 unspecified atom stereocenters. The summed E-state index contributed by atoms with van der Waals surface area (Å²) in [5.41, 5.74) is -0.181. The van der Waals surface area contributed by atoms with Crippen molar-refractivity contribution in [3.8, 4) is 0 Å². The van der Waals surface area contributed by atoms with Crippen molar-refractivity contribution in [2.75, 3.05) is 36.0 Å². The van der Waals surface area contributed by atoms with Crippen LogP contribution in [0.2, 0.25) is 0 Å². The maximum Gasteiger partial charge on any atom is 0.340 e. The van der Waals surface area contributed by atoms with Crippen LogP contribution in [-0.2, 0) is 23.1 Å². The number of hydrogen-bond acceptors (Lipinski definition) is 11. The predicted molar refractivity (Wildman–Crippen MR) is 144 cm³/mol. The summed E-state index contributed by atoms with van der Waals surface area (Å²) < 4.78 is 35.8. The zero-order valence-electron chi connectivity index (χ0n) is 21.5. The second kappa shape index (κ2) is 12.4. The topological polar surface area (TPSA) is 138 Å². The molecule has 11 nitrogen and oxygen atoms in total. The molecule has 0 fully saturated rings. The van der Waals surface area contributed by atoms with Crippen LogP contribution < -0.4 is 21.1 Å². The second-order valence-electron chi connectivity index (χ2n) is 8.87. The summed E-state index contributed by atoms with van der Waals surface area (Å²) in [7, 11) is -4.10. The molecule has 0 saturated carbocycles. The van der Waals surface area contributed by atoms with Gasteiger partial charge in [-0.25, -0.2) is 9.59 Å². The summed E-state index contributed by atoms with van der Waals surface area (Å²) >= 11 is 0. The minimum absolute atomic E-state index is 0.0372. The van der Waals surface area contributed by atoms with Crippen molar-refractivity contribution in [2.45, 2.75) is 32.8 Å². The average molecular weight is 557 g/mol. The van der Waals surface area contributed by atoms with E-state index in [0.29, 0.717) is 19.5 Å².